The number of hydrogen-bond donors (Lipinski definition) is 1. The molecule has 43 heavy (non-hydrogen) atoms. The number of ether oxygens (including phenoxy) is 1. The highest BCUT2D eigenvalue weighted by atomic mass is 79.9. The number of nitro benzene ring substituents is 1. The molecule has 2 aromatic rings. The Morgan fingerprint density at radius 1 is 1.02 bits per heavy atom. The molecule has 1 aliphatic heterocycles. The van der Waals surface area contributed by atoms with Crippen LogP contribution >= 0.6 is 15.9 Å². The Kier molecular flexibility index (Phi) is 6.64. The Bertz CT molecular complexity index is 1740. The van der Waals surface area contributed by atoms with Crippen LogP contribution in [0.5, 0.6) is 11.5 Å². The number of allylic oxidation sites excluding steroid dienone is 6. The Morgan fingerprint density at radius 2 is 1.72 bits per heavy atom. The first-order chi connectivity index (χ1) is 20.3. The van der Waals surface area contributed by atoms with E-state index in [0.717, 1.165) is 41.3 Å². The summed E-state index contributed by atoms with van der Waals surface area (Å²) in [5, 5.41) is 21.9. The number of alkyl halides is 3. The second-order valence-corrected chi connectivity index (χ2v) is 11.3. The topological polar surface area (TPSA) is 144 Å². The number of hydrogen-bond acceptors (Lipinski definition) is 8. The fraction of sp³-hybridized carbons (Fsp3) is 0.241. The predicted molar refractivity (Wildman–Crippen MR) is 145 cm³/mol. The number of fused-ring (bicyclic) bond motifs is 3. The minimum atomic E-state index is -5.05. The zero-order chi connectivity index (χ0) is 31.0. The molecule has 0 radical (unpaired) electrons. The number of phenolic OH excluding ortho intramolecular Hbond substituents is 1. The van der Waals surface area contributed by atoms with E-state index in [9.17, 15) is 47.6 Å². The van der Waals surface area contributed by atoms with Gasteiger partial charge in [-0.1, -0.05) is 11.6 Å². The molecular formula is C29H18BrF3N2O8. The number of aromatic hydroxyl groups is 1. The van der Waals surface area contributed by atoms with Crippen LogP contribution in [0.1, 0.15) is 24.3 Å². The van der Waals surface area contributed by atoms with Crippen LogP contribution in [0, 0.1) is 27.9 Å². The minimum absolute atomic E-state index is 0.0164. The van der Waals surface area contributed by atoms with E-state index >= 15 is 0 Å². The molecule has 4 unspecified atom stereocenters. The third-order valence-electron chi connectivity index (χ3n) is 8.19. The van der Waals surface area contributed by atoms with E-state index in [1.165, 1.54) is 12.1 Å². The van der Waals surface area contributed by atoms with Gasteiger partial charge in [0, 0.05) is 40.8 Å². The third kappa shape index (κ3) is 4.65. The molecule has 0 spiro atoms. The van der Waals surface area contributed by atoms with Gasteiger partial charge in [-0.2, -0.15) is 0 Å². The van der Waals surface area contributed by atoms with E-state index in [2.05, 4.69) is 20.7 Å². The smallest absolute Gasteiger partial charge is 0.508 e. The van der Waals surface area contributed by atoms with Gasteiger partial charge in [-0.15, -0.1) is 13.2 Å². The Morgan fingerprint density at radius 3 is 2.37 bits per heavy atom. The van der Waals surface area contributed by atoms with Crippen LogP contribution in [0.15, 0.2) is 75.8 Å². The molecule has 4 aliphatic rings. The van der Waals surface area contributed by atoms with Crippen LogP contribution in [-0.4, -0.2) is 39.8 Å². The summed E-state index contributed by atoms with van der Waals surface area (Å²) in [5.41, 5.74) is 0.113. The predicted octanol–water partition coefficient (Wildman–Crippen LogP) is 5.17. The molecule has 14 heteroatoms. The number of amides is 2. The summed E-state index contributed by atoms with van der Waals surface area (Å²) in [7, 11) is 0. The number of benzene rings is 2. The largest absolute Gasteiger partial charge is 0.573 e. The number of carbonyl (C=O) groups excluding carboxylic acids is 4. The number of carbonyl (C=O) groups is 4. The molecule has 1 heterocycles. The SMILES string of the molecule is O=C1C=C(Br)C(=O)C2=C1C(c1cc(OC(F)(F)F)ccc1O)C1=CCC3C(=O)N(c4ccc([N+](=O)[O-])cc4)C(=O)C3C1C2. The second kappa shape index (κ2) is 10.0. The Balaban J connectivity index is 1.47. The number of halogens is 4. The molecule has 1 N–H and O–H groups in total. The van der Waals surface area contributed by atoms with Crippen molar-refractivity contribution in [3.8, 4) is 11.5 Å². The number of phenols is 1. The highest BCUT2D eigenvalue weighted by Gasteiger charge is 2.57. The molecular weight excluding hydrogens is 641 g/mol. The lowest BCUT2D eigenvalue weighted by atomic mass is 9.59. The molecule has 0 saturated carbocycles. The minimum Gasteiger partial charge on any atom is -0.508 e. The molecule has 2 amide bonds. The van der Waals surface area contributed by atoms with Crippen molar-refractivity contribution in [1.82, 2.24) is 0 Å². The summed E-state index contributed by atoms with van der Waals surface area (Å²) in [6.45, 7) is 0. The van der Waals surface area contributed by atoms with Crippen molar-refractivity contribution in [3.05, 3.63) is 91.5 Å². The highest BCUT2D eigenvalue weighted by Crippen LogP contribution is 2.57. The summed E-state index contributed by atoms with van der Waals surface area (Å²) >= 11 is 3.08. The van der Waals surface area contributed by atoms with Gasteiger partial charge in [0.25, 0.3) is 5.69 Å². The van der Waals surface area contributed by atoms with Crippen LogP contribution in [0.4, 0.5) is 24.5 Å². The number of imide groups is 1. The summed E-state index contributed by atoms with van der Waals surface area (Å²) in [5.74, 6) is -7.38. The van der Waals surface area contributed by atoms with Gasteiger partial charge in [0.15, 0.2) is 11.6 Å². The zero-order valence-corrected chi connectivity index (χ0v) is 23.2. The number of Topliss-reactive ketones (excluding diaryl/α,β-unsaturated/α-hetero) is 1. The maximum Gasteiger partial charge on any atom is 0.573 e. The van der Waals surface area contributed by atoms with Crippen molar-refractivity contribution < 1.29 is 47.1 Å². The van der Waals surface area contributed by atoms with E-state index < -0.39 is 69.8 Å². The van der Waals surface area contributed by atoms with Crippen LogP contribution < -0.4 is 9.64 Å². The lowest BCUT2D eigenvalue weighted by Crippen LogP contribution is -2.39. The fourth-order valence-electron chi connectivity index (χ4n) is 6.50. The Hall–Kier alpha value is -4.59. The van der Waals surface area contributed by atoms with Gasteiger partial charge in [-0.25, -0.2) is 0 Å². The van der Waals surface area contributed by atoms with E-state index in [-0.39, 0.29) is 45.4 Å². The van der Waals surface area contributed by atoms with Crippen LogP contribution in [-0.2, 0) is 19.2 Å². The fourth-order valence-corrected chi connectivity index (χ4v) is 6.95. The number of non-ortho nitro benzene ring substituents is 1. The number of rotatable bonds is 4. The number of anilines is 1. The van der Waals surface area contributed by atoms with Crippen molar-refractivity contribution in [2.45, 2.75) is 25.1 Å². The molecule has 1 saturated heterocycles. The van der Waals surface area contributed by atoms with Gasteiger partial charge in [-0.3, -0.25) is 34.2 Å². The van der Waals surface area contributed by atoms with Gasteiger partial charge >= 0.3 is 6.36 Å². The quantitative estimate of drug-likeness (QED) is 0.156. The van der Waals surface area contributed by atoms with Crippen LogP contribution in [0.25, 0.3) is 0 Å². The molecule has 220 valence electrons. The third-order valence-corrected chi connectivity index (χ3v) is 8.78. The van der Waals surface area contributed by atoms with Gasteiger partial charge in [0.05, 0.1) is 26.9 Å². The first kappa shape index (κ1) is 28.5. The molecule has 0 bridgehead atoms. The number of nitro groups is 1. The monoisotopic (exact) mass is 658 g/mol. The van der Waals surface area contributed by atoms with Gasteiger partial charge in [0.2, 0.25) is 11.8 Å². The zero-order valence-electron chi connectivity index (χ0n) is 21.6. The van der Waals surface area contributed by atoms with Crippen molar-refractivity contribution in [2.75, 3.05) is 4.90 Å². The maximum absolute atomic E-state index is 13.9. The van der Waals surface area contributed by atoms with Gasteiger partial charge < -0.3 is 9.84 Å². The first-order valence-corrected chi connectivity index (χ1v) is 13.7. The highest BCUT2D eigenvalue weighted by molar-refractivity contribution is 9.12. The molecule has 1 fully saturated rings. The Labute approximate surface area is 248 Å². The lowest BCUT2D eigenvalue weighted by molar-refractivity contribution is -0.384. The maximum atomic E-state index is 13.9. The summed E-state index contributed by atoms with van der Waals surface area (Å²) in [6, 6.07) is 7.68. The second-order valence-electron chi connectivity index (χ2n) is 10.4. The van der Waals surface area contributed by atoms with E-state index in [0.29, 0.717) is 5.57 Å². The number of nitrogens with zero attached hydrogens (tertiary/aromatic N) is 2. The van der Waals surface area contributed by atoms with Crippen LogP contribution in [0.2, 0.25) is 0 Å². The number of ketones is 2. The van der Waals surface area contributed by atoms with Crippen LogP contribution in [0.3, 0.4) is 0 Å². The van der Waals surface area contributed by atoms with E-state index in [1.807, 2.05) is 0 Å². The average Bonchev–Trinajstić information content (AvgIpc) is 3.20. The summed E-state index contributed by atoms with van der Waals surface area (Å²) in [4.78, 5) is 65.4. The molecule has 10 nitrogen and oxygen atoms in total. The van der Waals surface area contributed by atoms with Gasteiger partial charge in [0.1, 0.15) is 11.5 Å². The van der Waals surface area contributed by atoms with Gasteiger partial charge in [-0.05, 0) is 65.0 Å². The molecule has 0 aromatic heterocycles. The van der Waals surface area contributed by atoms with E-state index in [4.69, 9.17) is 0 Å². The molecule has 2 aromatic carbocycles. The first-order valence-electron chi connectivity index (χ1n) is 12.9. The standard InChI is InChI=1S/C29H18BrF3N2O8/c30-20-11-22(37)25-19(26(20)38)10-17-15(23(25)18-9-14(5-8-21(18)36)43-29(31,32)33)6-7-16-24(17)28(40)34(27(16)39)12-1-3-13(4-2-12)35(41)42/h1-6,8-9,11,16-17,23-24,36H,7,10H2. The van der Waals surface area contributed by atoms with Crippen molar-refractivity contribution in [1.29, 1.82) is 0 Å². The summed E-state index contributed by atoms with van der Waals surface area (Å²) < 4.78 is 43.1. The summed E-state index contributed by atoms with van der Waals surface area (Å²) in [6.07, 6.45) is -2.45. The van der Waals surface area contributed by atoms with E-state index in [1.54, 1.807) is 6.08 Å². The average molecular weight is 659 g/mol. The van der Waals surface area contributed by atoms with Crippen molar-refractivity contribution >= 4 is 50.7 Å². The van der Waals surface area contributed by atoms with Crippen molar-refractivity contribution in [2.24, 2.45) is 17.8 Å². The molecule has 3 aliphatic carbocycles. The molecule has 4 atom stereocenters. The lowest BCUT2D eigenvalue weighted by Gasteiger charge is -2.42. The normalized spacial score (nSPS) is 25.2. The molecule has 6 rings (SSSR count). The van der Waals surface area contributed by atoms with Crippen molar-refractivity contribution in [3.63, 3.8) is 0 Å².